The molecule has 0 radical (unpaired) electrons. The minimum absolute atomic E-state index is 0.00785. The number of Topliss-reactive ketones (excluding diaryl/α,β-unsaturated/α-hetero) is 1. The summed E-state index contributed by atoms with van der Waals surface area (Å²) in [5.41, 5.74) is -0.643. The van der Waals surface area contributed by atoms with E-state index >= 15 is 0 Å². The van der Waals surface area contributed by atoms with Crippen LogP contribution >= 0.6 is 0 Å². The van der Waals surface area contributed by atoms with Gasteiger partial charge >= 0.3 is 0 Å². The maximum Gasteiger partial charge on any atom is 0.212 e. The van der Waals surface area contributed by atoms with Crippen molar-refractivity contribution in [1.29, 1.82) is 0 Å². The average molecular weight is 304 g/mol. The number of hydrogen-bond donors (Lipinski definition) is 0. The first kappa shape index (κ1) is 17.6. The summed E-state index contributed by atoms with van der Waals surface area (Å²) in [7, 11) is -3.39. The lowest BCUT2D eigenvalue weighted by molar-refractivity contribution is -0.133. The third-order valence-electron chi connectivity index (χ3n) is 3.70. The van der Waals surface area contributed by atoms with E-state index < -0.39 is 15.6 Å². The molecule has 1 rings (SSSR count). The molecule has 1 aliphatic rings. The fourth-order valence-corrected chi connectivity index (χ4v) is 3.98. The van der Waals surface area contributed by atoms with Crippen LogP contribution in [-0.4, -0.2) is 59.9 Å². The molecule has 1 aliphatic heterocycles. The molecule has 1 heterocycles. The number of rotatable bonds is 4. The van der Waals surface area contributed by atoms with Crippen molar-refractivity contribution in [1.82, 2.24) is 9.21 Å². The van der Waals surface area contributed by atoms with E-state index in [4.69, 9.17) is 0 Å². The Balaban J connectivity index is 2.84. The van der Waals surface area contributed by atoms with Crippen molar-refractivity contribution in [3.63, 3.8) is 0 Å². The number of ketones is 1. The fourth-order valence-electron chi connectivity index (χ4n) is 2.62. The monoisotopic (exact) mass is 304 g/mol. The van der Waals surface area contributed by atoms with Gasteiger partial charge in [-0.15, -0.1) is 0 Å². The maximum absolute atomic E-state index is 12.4. The molecule has 0 spiro atoms. The molecule has 1 atom stereocenters. The van der Waals surface area contributed by atoms with Crippen LogP contribution in [0.1, 0.15) is 48.0 Å². The predicted octanol–water partition coefficient (Wildman–Crippen LogP) is 1.49. The summed E-state index contributed by atoms with van der Waals surface area (Å²) in [5, 5.41) is 0. The highest BCUT2D eigenvalue weighted by Crippen LogP contribution is 2.29. The normalized spacial score (nSPS) is 21.9. The molecule has 0 aromatic rings. The van der Waals surface area contributed by atoms with Crippen LogP contribution in [-0.2, 0) is 14.8 Å². The number of hydrogen-bond acceptors (Lipinski definition) is 4. The number of carbonyl (C=O) groups is 1. The molecule has 0 aromatic heterocycles. The third-order valence-corrected chi connectivity index (χ3v) is 5.18. The molecule has 0 aromatic carbocycles. The van der Waals surface area contributed by atoms with Crippen LogP contribution in [0.4, 0.5) is 0 Å². The Hall–Kier alpha value is -0.460. The Labute approximate surface area is 123 Å². The molecule has 6 heteroatoms. The molecule has 0 bridgehead atoms. The van der Waals surface area contributed by atoms with Crippen molar-refractivity contribution in [2.24, 2.45) is 0 Å². The molecular weight excluding hydrogens is 276 g/mol. The summed E-state index contributed by atoms with van der Waals surface area (Å²) < 4.78 is 25.1. The summed E-state index contributed by atoms with van der Waals surface area (Å²) in [5.74, 6) is -0.00785. The van der Waals surface area contributed by atoms with Gasteiger partial charge in [-0.25, -0.2) is 8.42 Å². The van der Waals surface area contributed by atoms with Gasteiger partial charge in [0.2, 0.25) is 10.0 Å². The van der Waals surface area contributed by atoms with Crippen molar-refractivity contribution in [2.45, 2.75) is 65.1 Å². The number of carbonyl (C=O) groups excluding carboxylic acids is 1. The SMILES string of the molecule is CC(C)(C)N1CCC1C(=O)CN(C(C)(C)C)S(C)(=O)=O. The second kappa shape index (κ2) is 5.39. The Bertz CT molecular complexity index is 472. The van der Waals surface area contributed by atoms with Gasteiger partial charge in [-0.1, -0.05) is 0 Å². The lowest BCUT2D eigenvalue weighted by Gasteiger charge is -2.49. The van der Waals surface area contributed by atoms with Gasteiger partial charge in [-0.05, 0) is 48.0 Å². The van der Waals surface area contributed by atoms with Gasteiger partial charge in [0.1, 0.15) is 0 Å². The summed E-state index contributed by atoms with van der Waals surface area (Å²) >= 11 is 0. The van der Waals surface area contributed by atoms with Crippen LogP contribution in [0.25, 0.3) is 0 Å². The van der Waals surface area contributed by atoms with Crippen LogP contribution < -0.4 is 0 Å². The standard InChI is InChI=1S/C14H28N2O3S/c1-13(2,3)15-9-8-11(15)12(17)10-16(14(4,5)6)20(7,18)19/h11H,8-10H2,1-7H3. The van der Waals surface area contributed by atoms with Gasteiger partial charge in [0, 0.05) is 17.6 Å². The van der Waals surface area contributed by atoms with E-state index in [1.807, 2.05) is 20.8 Å². The van der Waals surface area contributed by atoms with Gasteiger partial charge < -0.3 is 0 Å². The van der Waals surface area contributed by atoms with E-state index in [2.05, 4.69) is 25.7 Å². The Morgan fingerprint density at radius 3 is 1.95 bits per heavy atom. The zero-order valence-electron chi connectivity index (χ0n) is 13.7. The van der Waals surface area contributed by atoms with Gasteiger partial charge in [0.15, 0.2) is 5.78 Å². The number of sulfonamides is 1. The molecule has 0 N–H and O–H groups in total. The predicted molar refractivity (Wildman–Crippen MR) is 81.2 cm³/mol. The van der Waals surface area contributed by atoms with Gasteiger partial charge in [-0.2, -0.15) is 4.31 Å². The highest BCUT2D eigenvalue weighted by Gasteiger charge is 2.42. The first-order valence-electron chi connectivity index (χ1n) is 7.02. The lowest BCUT2D eigenvalue weighted by Crippen LogP contribution is -2.62. The van der Waals surface area contributed by atoms with E-state index in [1.165, 1.54) is 4.31 Å². The van der Waals surface area contributed by atoms with Gasteiger partial charge in [0.05, 0.1) is 18.8 Å². The summed E-state index contributed by atoms with van der Waals surface area (Å²) in [6, 6.07) is -0.151. The van der Waals surface area contributed by atoms with Crippen LogP contribution in [0.15, 0.2) is 0 Å². The van der Waals surface area contributed by atoms with E-state index in [9.17, 15) is 13.2 Å². The highest BCUT2D eigenvalue weighted by atomic mass is 32.2. The van der Waals surface area contributed by atoms with Crippen molar-refractivity contribution in [3.05, 3.63) is 0 Å². The molecule has 5 nitrogen and oxygen atoms in total. The smallest absolute Gasteiger partial charge is 0.212 e. The topological polar surface area (TPSA) is 57.7 Å². The molecule has 0 saturated carbocycles. The third kappa shape index (κ3) is 4.02. The lowest BCUT2D eigenvalue weighted by atomic mass is 9.90. The van der Waals surface area contributed by atoms with Crippen molar-refractivity contribution >= 4 is 15.8 Å². The van der Waals surface area contributed by atoms with Crippen molar-refractivity contribution in [3.8, 4) is 0 Å². The Morgan fingerprint density at radius 2 is 1.70 bits per heavy atom. The second-order valence-electron chi connectivity index (χ2n) is 7.58. The maximum atomic E-state index is 12.4. The second-order valence-corrected chi connectivity index (χ2v) is 9.48. The van der Waals surface area contributed by atoms with Crippen LogP contribution in [0.3, 0.4) is 0 Å². The molecule has 1 fully saturated rings. The zero-order chi connectivity index (χ0) is 15.9. The molecule has 20 heavy (non-hydrogen) atoms. The summed E-state index contributed by atoms with van der Waals surface area (Å²) in [4.78, 5) is 14.6. The van der Waals surface area contributed by atoms with E-state index in [-0.39, 0.29) is 23.9 Å². The fraction of sp³-hybridized carbons (Fsp3) is 0.929. The number of likely N-dealkylation sites (tertiary alicyclic amines) is 1. The van der Waals surface area contributed by atoms with Crippen molar-refractivity contribution in [2.75, 3.05) is 19.3 Å². The minimum Gasteiger partial charge on any atom is -0.296 e. The minimum atomic E-state index is -3.39. The van der Waals surface area contributed by atoms with Gasteiger partial charge in [-0.3, -0.25) is 9.69 Å². The molecule has 118 valence electrons. The van der Waals surface area contributed by atoms with Crippen molar-refractivity contribution < 1.29 is 13.2 Å². The molecular formula is C14H28N2O3S. The summed E-state index contributed by atoms with van der Waals surface area (Å²) in [6.07, 6.45) is 1.98. The van der Waals surface area contributed by atoms with E-state index in [1.54, 1.807) is 0 Å². The first-order valence-corrected chi connectivity index (χ1v) is 8.86. The molecule has 1 saturated heterocycles. The Kier molecular flexibility index (Phi) is 4.74. The zero-order valence-corrected chi connectivity index (χ0v) is 14.5. The van der Waals surface area contributed by atoms with Crippen LogP contribution in [0.5, 0.6) is 0 Å². The molecule has 1 unspecified atom stereocenters. The first-order chi connectivity index (χ1) is 8.74. The largest absolute Gasteiger partial charge is 0.296 e. The number of nitrogens with zero attached hydrogens (tertiary/aromatic N) is 2. The van der Waals surface area contributed by atoms with E-state index in [0.29, 0.717) is 0 Å². The molecule has 0 amide bonds. The quantitative estimate of drug-likeness (QED) is 0.789. The average Bonchev–Trinajstić information content (AvgIpc) is 2.05. The van der Waals surface area contributed by atoms with Crippen LogP contribution in [0, 0.1) is 0 Å². The summed E-state index contributed by atoms with van der Waals surface area (Å²) in [6.45, 7) is 12.5. The van der Waals surface area contributed by atoms with E-state index in [0.717, 1.165) is 19.2 Å². The van der Waals surface area contributed by atoms with Gasteiger partial charge in [0.25, 0.3) is 0 Å². The van der Waals surface area contributed by atoms with Crippen LogP contribution in [0.2, 0.25) is 0 Å². The highest BCUT2D eigenvalue weighted by molar-refractivity contribution is 7.88. The Morgan fingerprint density at radius 1 is 1.20 bits per heavy atom. The molecule has 0 aliphatic carbocycles.